The van der Waals surface area contributed by atoms with Crippen LogP contribution < -0.4 is 9.80 Å². The molecule has 1 aliphatic carbocycles. The molecule has 9 nitrogen and oxygen atoms in total. The van der Waals surface area contributed by atoms with Crippen LogP contribution in [0.3, 0.4) is 0 Å². The molecule has 42 heavy (non-hydrogen) atoms. The number of carboxylic acid groups (broad SMARTS) is 1. The van der Waals surface area contributed by atoms with E-state index < -0.39 is 11.9 Å². The zero-order valence-electron chi connectivity index (χ0n) is 23.8. The number of carboxylic acids is 1. The quantitative estimate of drug-likeness (QED) is 0.326. The second-order valence-electron chi connectivity index (χ2n) is 11.7. The molecule has 2 aromatic heterocycles. The van der Waals surface area contributed by atoms with Crippen molar-refractivity contribution in [2.75, 3.05) is 29.6 Å². The molecule has 1 N–H and O–H groups in total. The number of rotatable bonds is 10. The minimum Gasteiger partial charge on any atom is -0.481 e. The topological polar surface area (TPSA) is 113 Å². The molecule has 1 aromatic carbocycles. The number of aromatic nitrogens is 2. The Kier molecular flexibility index (Phi) is 8.35. The van der Waals surface area contributed by atoms with Gasteiger partial charge in [0.1, 0.15) is 5.82 Å². The van der Waals surface area contributed by atoms with Gasteiger partial charge in [-0.2, -0.15) is 0 Å². The van der Waals surface area contributed by atoms with Gasteiger partial charge in [0.25, 0.3) is 0 Å². The molecule has 10 heteroatoms. The molecule has 3 atom stereocenters. The van der Waals surface area contributed by atoms with E-state index in [9.17, 15) is 19.5 Å². The van der Waals surface area contributed by atoms with E-state index in [-0.39, 0.29) is 30.2 Å². The fraction of sp³-hybridized carbons (Fsp3) is 0.469. The lowest BCUT2D eigenvalue weighted by Gasteiger charge is -2.32. The molecule has 4 heterocycles. The lowest BCUT2D eigenvalue weighted by Crippen LogP contribution is -2.40. The Balaban J connectivity index is 1.26. The first kappa shape index (κ1) is 28.5. The molecule has 3 fully saturated rings. The van der Waals surface area contributed by atoms with Crippen LogP contribution in [0.2, 0.25) is 0 Å². The molecule has 1 unspecified atom stereocenters. The molecule has 0 bridgehead atoms. The minimum absolute atomic E-state index is 0.0557. The number of carbonyl (C=O) groups is 3. The lowest BCUT2D eigenvalue weighted by atomic mass is 9.81. The zero-order valence-corrected chi connectivity index (χ0v) is 24.6. The average Bonchev–Trinajstić information content (AvgIpc) is 3.54. The van der Waals surface area contributed by atoms with E-state index in [0.717, 1.165) is 48.1 Å². The third kappa shape index (κ3) is 6.10. The fourth-order valence-electron chi connectivity index (χ4n) is 6.13. The van der Waals surface area contributed by atoms with E-state index in [4.69, 9.17) is 9.72 Å². The highest BCUT2D eigenvalue weighted by Gasteiger charge is 2.40. The number of pyridine rings is 1. The standard InChI is InChI=1S/C32H36N4O5S/c1-20-18-41-14-12-21(20)15-23(16-30(38)39)31(40)36(24-9-10-24)32-34-27(19-42-32)26-6-3-2-5-25(26)22-8-11-28(33-17-22)35-13-4-7-29(35)37/h2-3,5-6,8,11,17,19-21,23-24H,4,7,9-10,12-16,18H2,1H3,(H,38,39)/t20-,21?,23-/m1/s1. The second kappa shape index (κ2) is 12.3. The van der Waals surface area contributed by atoms with E-state index in [2.05, 4.69) is 11.9 Å². The Hall–Kier alpha value is -3.63. The summed E-state index contributed by atoms with van der Waals surface area (Å²) in [5.41, 5.74) is 3.56. The van der Waals surface area contributed by atoms with Gasteiger partial charge in [0.15, 0.2) is 5.13 Å². The Bertz CT molecular complexity index is 1450. The van der Waals surface area contributed by atoms with Gasteiger partial charge >= 0.3 is 5.97 Å². The van der Waals surface area contributed by atoms with E-state index >= 15 is 0 Å². The van der Waals surface area contributed by atoms with Crippen LogP contribution in [-0.4, -0.2) is 58.7 Å². The summed E-state index contributed by atoms with van der Waals surface area (Å²) in [5.74, 6) is -0.363. The number of hydrogen-bond acceptors (Lipinski definition) is 7. The van der Waals surface area contributed by atoms with Crippen LogP contribution in [0.15, 0.2) is 48.0 Å². The maximum Gasteiger partial charge on any atom is 0.304 e. The van der Waals surface area contributed by atoms with E-state index in [1.165, 1.54) is 11.3 Å². The van der Waals surface area contributed by atoms with E-state index in [1.54, 1.807) is 16.0 Å². The Morgan fingerprint density at radius 2 is 1.98 bits per heavy atom. The second-order valence-corrected chi connectivity index (χ2v) is 12.5. The average molecular weight is 589 g/mol. The number of anilines is 2. The maximum absolute atomic E-state index is 14.0. The predicted molar refractivity (Wildman–Crippen MR) is 161 cm³/mol. The number of amides is 2. The van der Waals surface area contributed by atoms with Gasteiger partial charge in [-0.25, -0.2) is 9.97 Å². The van der Waals surface area contributed by atoms with Crippen LogP contribution in [0.1, 0.15) is 51.9 Å². The lowest BCUT2D eigenvalue weighted by molar-refractivity contribution is -0.141. The van der Waals surface area contributed by atoms with Crippen LogP contribution in [0, 0.1) is 17.8 Å². The molecule has 220 valence electrons. The molecule has 0 radical (unpaired) electrons. The Morgan fingerprint density at radius 3 is 2.64 bits per heavy atom. The normalized spacial score (nSPS) is 21.4. The third-order valence-corrected chi connectivity index (χ3v) is 9.48. The highest BCUT2D eigenvalue weighted by Crippen LogP contribution is 2.40. The van der Waals surface area contributed by atoms with Crippen LogP contribution in [0.4, 0.5) is 10.9 Å². The number of carbonyl (C=O) groups excluding carboxylic acids is 2. The van der Waals surface area contributed by atoms with Crippen molar-refractivity contribution >= 4 is 40.1 Å². The largest absolute Gasteiger partial charge is 0.481 e. The summed E-state index contributed by atoms with van der Waals surface area (Å²) in [6, 6.07) is 11.9. The molecule has 2 saturated heterocycles. The number of nitrogens with zero attached hydrogens (tertiary/aromatic N) is 4. The highest BCUT2D eigenvalue weighted by molar-refractivity contribution is 7.14. The van der Waals surface area contributed by atoms with Crippen molar-refractivity contribution in [2.24, 2.45) is 17.8 Å². The summed E-state index contributed by atoms with van der Waals surface area (Å²) in [7, 11) is 0. The van der Waals surface area contributed by atoms with E-state index in [0.29, 0.717) is 49.5 Å². The zero-order chi connectivity index (χ0) is 29.2. The van der Waals surface area contributed by atoms with Crippen LogP contribution >= 0.6 is 11.3 Å². The predicted octanol–water partition coefficient (Wildman–Crippen LogP) is 5.65. The molecule has 3 aliphatic rings. The van der Waals surface area contributed by atoms with Crippen molar-refractivity contribution in [1.29, 1.82) is 0 Å². The van der Waals surface area contributed by atoms with Gasteiger partial charge < -0.3 is 9.84 Å². The Morgan fingerprint density at radius 1 is 1.17 bits per heavy atom. The molecule has 6 rings (SSSR count). The summed E-state index contributed by atoms with van der Waals surface area (Å²) in [6.07, 6.45) is 6.20. The van der Waals surface area contributed by atoms with Gasteiger partial charge in [0.05, 0.1) is 12.1 Å². The molecule has 1 saturated carbocycles. The van der Waals surface area contributed by atoms with Crippen molar-refractivity contribution in [1.82, 2.24) is 9.97 Å². The molecule has 3 aromatic rings. The van der Waals surface area contributed by atoms with Crippen molar-refractivity contribution in [2.45, 2.75) is 57.9 Å². The molecule has 0 spiro atoms. The molecular weight excluding hydrogens is 552 g/mol. The number of hydrogen-bond donors (Lipinski definition) is 1. The molecule has 2 aliphatic heterocycles. The Labute approximate surface area is 249 Å². The summed E-state index contributed by atoms with van der Waals surface area (Å²) in [6.45, 7) is 4.11. The van der Waals surface area contributed by atoms with Crippen LogP contribution in [-0.2, 0) is 19.1 Å². The number of benzene rings is 1. The van der Waals surface area contributed by atoms with Crippen molar-refractivity contribution in [3.8, 4) is 22.4 Å². The summed E-state index contributed by atoms with van der Waals surface area (Å²) in [4.78, 5) is 51.0. The maximum atomic E-state index is 14.0. The van der Waals surface area contributed by atoms with Crippen molar-refractivity contribution < 1.29 is 24.2 Å². The molecular formula is C32H36N4O5S. The number of thiazole rings is 1. The smallest absolute Gasteiger partial charge is 0.304 e. The summed E-state index contributed by atoms with van der Waals surface area (Å²) < 4.78 is 5.58. The van der Waals surface area contributed by atoms with Crippen LogP contribution in [0.25, 0.3) is 22.4 Å². The number of ether oxygens (including phenoxy) is 1. The molecule has 2 amide bonds. The van der Waals surface area contributed by atoms with Gasteiger partial charge in [-0.3, -0.25) is 24.2 Å². The van der Waals surface area contributed by atoms with E-state index in [1.807, 2.05) is 41.8 Å². The van der Waals surface area contributed by atoms with Gasteiger partial charge in [0, 0.05) is 60.8 Å². The third-order valence-electron chi connectivity index (χ3n) is 8.64. The number of aliphatic carboxylic acids is 1. The van der Waals surface area contributed by atoms with Crippen LogP contribution in [0.5, 0.6) is 0 Å². The summed E-state index contributed by atoms with van der Waals surface area (Å²) in [5, 5.41) is 12.3. The minimum atomic E-state index is -0.953. The first-order valence-electron chi connectivity index (χ1n) is 14.8. The monoisotopic (exact) mass is 588 g/mol. The summed E-state index contributed by atoms with van der Waals surface area (Å²) >= 11 is 1.42. The van der Waals surface area contributed by atoms with Gasteiger partial charge in [0.2, 0.25) is 11.8 Å². The fourth-order valence-corrected chi connectivity index (χ4v) is 7.03. The van der Waals surface area contributed by atoms with Gasteiger partial charge in [-0.05, 0) is 61.6 Å². The van der Waals surface area contributed by atoms with Crippen molar-refractivity contribution in [3.63, 3.8) is 0 Å². The highest BCUT2D eigenvalue weighted by atomic mass is 32.1. The van der Waals surface area contributed by atoms with Crippen molar-refractivity contribution in [3.05, 3.63) is 48.0 Å². The van der Waals surface area contributed by atoms with Gasteiger partial charge in [-0.1, -0.05) is 31.2 Å². The first-order chi connectivity index (χ1) is 20.4. The SMILES string of the molecule is C[C@@H]1COCCC1C[C@H](CC(=O)O)C(=O)N(c1nc(-c2ccccc2-c2ccc(N3CCCC3=O)nc2)cs1)C1CC1. The van der Waals surface area contributed by atoms with Gasteiger partial charge in [-0.15, -0.1) is 11.3 Å². The first-order valence-corrected chi connectivity index (χ1v) is 15.7.